The molecule has 5 rings (SSSR count). The van der Waals surface area contributed by atoms with Crippen molar-refractivity contribution in [3.05, 3.63) is 77.6 Å². The maximum atomic E-state index is 13.4. The number of aromatic nitrogens is 3. The third-order valence-corrected chi connectivity index (χ3v) is 5.00. The van der Waals surface area contributed by atoms with Crippen LogP contribution in [0, 0.1) is 5.82 Å². The van der Waals surface area contributed by atoms with E-state index in [0.29, 0.717) is 5.95 Å². The van der Waals surface area contributed by atoms with Crippen molar-refractivity contribution in [2.75, 3.05) is 10.2 Å². The monoisotopic (exact) mass is 389 g/mol. The Morgan fingerprint density at radius 1 is 0.966 bits per heavy atom. The van der Waals surface area contributed by atoms with Crippen LogP contribution < -0.4 is 10.2 Å². The molecule has 7 nitrogen and oxygen atoms in total. The minimum atomic E-state index is -0.379. The third kappa shape index (κ3) is 2.98. The number of hydrogen-bond donors (Lipinski definition) is 1. The number of carbonyl (C=O) groups is 2. The van der Waals surface area contributed by atoms with E-state index >= 15 is 0 Å². The van der Waals surface area contributed by atoms with Gasteiger partial charge in [-0.25, -0.2) is 14.0 Å². The largest absolute Gasteiger partial charge is 0.324 e. The summed E-state index contributed by atoms with van der Waals surface area (Å²) in [5.74, 6) is -0.499. The Hall–Kier alpha value is -3.81. The number of nitrogens with zero attached hydrogens (tertiary/aromatic N) is 4. The van der Waals surface area contributed by atoms with E-state index in [1.54, 1.807) is 16.8 Å². The molecule has 0 unspecified atom stereocenters. The highest BCUT2D eigenvalue weighted by Gasteiger charge is 2.35. The Kier molecular flexibility index (Phi) is 3.97. The van der Waals surface area contributed by atoms with Gasteiger partial charge in [0.05, 0.1) is 0 Å². The number of amides is 2. The van der Waals surface area contributed by atoms with E-state index in [1.807, 2.05) is 36.4 Å². The first-order valence-corrected chi connectivity index (χ1v) is 9.22. The van der Waals surface area contributed by atoms with Crippen LogP contribution in [-0.2, 0) is 9.59 Å². The highest BCUT2D eigenvalue weighted by atomic mass is 19.1. The number of fused-ring (bicyclic) bond motifs is 1. The number of carbonyl (C=O) groups excluding carboxylic acids is 2. The maximum absolute atomic E-state index is 13.4. The predicted molar refractivity (Wildman–Crippen MR) is 104 cm³/mol. The number of benzene rings is 2. The van der Waals surface area contributed by atoms with E-state index in [0.717, 1.165) is 21.7 Å². The quantitative estimate of drug-likeness (QED) is 0.696. The van der Waals surface area contributed by atoms with Crippen molar-refractivity contribution in [3.63, 3.8) is 0 Å². The van der Waals surface area contributed by atoms with Crippen LogP contribution in [0.25, 0.3) is 5.70 Å². The number of hydrogen-bond acceptors (Lipinski definition) is 5. The molecule has 1 N–H and O–H groups in total. The number of anilines is 2. The summed E-state index contributed by atoms with van der Waals surface area (Å²) in [4.78, 5) is 29.7. The predicted octanol–water partition coefficient (Wildman–Crippen LogP) is 3.13. The molecule has 0 saturated carbocycles. The number of imide groups is 1. The molecule has 0 aliphatic carbocycles. The van der Waals surface area contributed by atoms with Crippen molar-refractivity contribution in [2.45, 2.75) is 18.9 Å². The summed E-state index contributed by atoms with van der Waals surface area (Å²) >= 11 is 0. The van der Waals surface area contributed by atoms with Gasteiger partial charge in [0.1, 0.15) is 11.9 Å². The van der Waals surface area contributed by atoms with E-state index in [2.05, 4.69) is 15.4 Å². The van der Waals surface area contributed by atoms with Gasteiger partial charge in [0.15, 0.2) is 0 Å². The topological polar surface area (TPSA) is 80.1 Å². The van der Waals surface area contributed by atoms with Gasteiger partial charge in [-0.05, 0) is 29.3 Å². The number of halogens is 1. The summed E-state index contributed by atoms with van der Waals surface area (Å²) in [5.41, 5.74) is 2.56. The third-order valence-electron chi connectivity index (χ3n) is 5.00. The molecule has 3 aromatic rings. The second-order valence-electron chi connectivity index (χ2n) is 6.87. The first kappa shape index (κ1) is 17.3. The molecule has 1 saturated heterocycles. The second kappa shape index (κ2) is 6.66. The molecule has 0 bridgehead atoms. The van der Waals surface area contributed by atoms with Gasteiger partial charge in [0.2, 0.25) is 17.8 Å². The van der Waals surface area contributed by atoms with Gasteiger partial charge in [-0.3, -0.25) is 9.59 Å². The lowest BCUT2D eigenvalue weighted by atomic mass is 10.0. The SMILES string of the molecule is O=C1CCC(=O)N1c1nc2n(n1)[C@H](c1ccc(F)cc1)C=C(c1ccccc1)N2. The summed E-state index contributed by atoms with van der Waals surface area (Å²) < 4.78 is 15.0. The molecule has 2 amide bonds. The average molecular weight is 389 g/mol. The molecule has 29 heavy (non-hydrogen) atoms. The summed E-state index contributed by atoms with van der Waals surface area (Å²) in [6, 6.07) is 15.5. The summed E-state index contributed by atoms with van der Waals surface area (Å²) in [5, 5.41) is 7.66. The Bertz CT molecular complexity index is 1120. The fourth-order valence-corrected chi connectivity index (χ4v) is 3.56. The lowest BCUT2D eigenvalue weighted by Gasteiger charge is -2.24. The van der Waals surface area contributed by atoms with E-state index in [9.17, 15) is 14.0 Å². The van der Waals surface area contributed by atoms with Gasteiger partial charge < -0.3 is 5.32 Å². The fourth-order valence-electron chi connectivity index (χ4n) is 3.56. The van der Waals surface area contributed by atoms with Crippen molar-refractivity contribution >= 4 is 29.4 Å². The Morgan fingerprint density at radius 2 is 1.66 bits per heavy atom. The number of rotatable bonds is 3. The zero-order valence-electron chi connectivity index (χ0n) is 15.2. The lowest BCUT2D eigenvalue weighted by molar-refractivity contribution is -0.121. The molecule has 1 aromatic heterocycles. The Morgan fingerprint density at radius 3 is 2.34 bits per heavy atom. The van der Waals surface area contributed by atoms with E-state index in [1.165, 1.54) is 12.1 Å². The van der Waals surface area contributed by atoms with Gasteiger partial charge in [0.25, 0.3) is 5.95 Å². The van der Waals surface area contributed by atoms with E-state index < -0.39 is 0 Å². The second-order valence-corrected chi connectivity index (χ2v) is 6.87. The molecular weight excluding hydrogens is 373 g/mol. The lowest BCUT2D eigenvalue weighted by Crippen LogP contribution is -2.29. The van der Waals surface area contributed by atoms with Crippen LogP contribution in [0.4, 0.5) is 16.3 Å². The summed E-state index contributed by atoms with van der Waals surface area (Å²) in [6.45, 7) is 0. The summed E-state index contributed by atoms with van der Waals surface area (Å²) in [6.07, 6.45) is 2.28. The van der Waals surface area contributed by atoms with Gasteiger partial charge in [-0.15, -0.1) is 5.10 Å². The van der Waals surface area contributed by atoms with Crippen molar-refractivity contribution in [1.29, 1.82) is 0 Å². The smallest absolute Gasteiger partial charge is 0.260 e. The molecule has 1 fully saturated rings. The van der Waals surface area contributed by atoms with Gasteiger partial charge >= 0.3 is 0 Å². The van der Waals surface area contributed by atoms with Crippen molar-refractivity contribution in [3.8, 4) is 0 Å². The maximum Gasteiger partial charge on any atom is 0.260 e. The van der Waals surface area contributed by atoms with Crippen LogP contribution in [0.1, 0.15) is 30.0 Å². The van der Waals surface area contributed by atoms with Crippen LogP contribution in [0.15, 0.2) is 60.7 Å². The van der Waals surface area contributed by atoms with Crippen molar-refractivity contribution < 1.29 is 14.0 Å². The van der Waals surface area contributed by atoms with Gasteiger partial charge in [-0.1, -0.05) is 42.5 Å². The van der Waals surface area contributed by atoms with Crippen LogP contribution >= 0.6 is 0 Å². The molecular formula is C21H16FN5O2. The highest BCUT2D eigenvalue weighted by Crippen LogP contribution is 2.34. The van der Waals surface area contributed by atoms with E-state index in [4.69, 9.17) is 0 Å². The highest BCUT2D eigenvalue weighted by molar-refractivity contribution is 6.18. The normalized spacial score (nSPS) is 18.4. The zero-order chi connectivity index (χ0) is 20.0. The average Bonchev–Trinajstić information content (AvgIpc) is 3.30. The molecule has 144 valence electrons. The Labute approximate surface area is 165 Å². The molecule has 3 heterocycles. The Balaban J connectivity index is 1.61. The first-order valence-electron chi connectivity index (χ1n) is 9.22. The molecule has 2 aliphatic heterocycles. The molecule has 1 atom stereocenters. The van der Waals surface area contributed by atoms with Crippen LogP contribution in [0.5, 0.6) is 0 Å². The fraction of sp³-hybridized carbons (Fsp3) is 0.143. The zero-order valence-corrected chi connectivity index (χ0v) is 15.2. The van der Waals surface area contributed by atoms with Crippen molar-refractivity contribution in [2.24, 2.45) is 0 Å². The van der Waals surface area contributed by atoms with Crippen LogP contribution in [0.2, 0.25) is 0 Å². The van der Waals surface area contributed by atoms with Crippen LogP contribution in [-0.4, -0.2) is 26.6 Å². The number of nitrogens with one attached hydrogen (secondary N) is 1. The minimum Gasteiger partial charge on any atom is -0.324 e. The van der Waals surface area contributed by atoms with Gasteiger partial charge in [-0.2, -0.15) is 4.98 Å². The van der Waals surface area contributed by atoms with Crippen molar-refractivity contribution in [1.82, 2.24) is 14.8 Å². The summed E-state index contributed by atoms with van der Waals surface area (Å²) in [7, 11) is 0. The molecule has 8 heteroatoms. The molecule has 0 radical (unpaired) electrons. The number of allylic oxidation sites excluding steroid dienone is 1. The standard InChI is InChI=1S/C21H16FN5O2/c22-15-8-6-14(7-9-15)17-12-16(13-4-2-1-3-5-13)23-20-24-21(25-27(17)20)26-18(28)10-11-19(26)29/h1-9,12,17H,10-11H2,(H,23,24,25)/t17-/m0/s1. The molecule has 2 aromatic carbocycles. The molecule has 2 aliphatic rings. The first-order chi connectivity index (χ1) is 14.1. The minimum absolute atomic E-state index is 0.0508. The van der Waals surface area contributed by atoms with Gasteiger partial charge in [0, 0.05) is 18.5 Å². The molecule has 0 spiro atoms. The van der Waals surface area contributed by atoms with Crippen LogP contribution in [0.3, 0.4) is 0 Å². The van der Waals surface area contributed by atoms with E-state index in [-0.39, 0.29) is 42.5 Å².